The van der Waals surface area contributed by atoms with E-state index in [2.05, 4.69) is 10.6 Å². The summed E-state index contributed by atoms with van der Waals surface area (Å²) >= 11 is 0. The van der Waals surface area contributed by atoms with Crippen LogP contribution in [0.15, 0.2) is 36.4 Å². The minimum absolute atomic E-state index is 0.00899. The maximum absolute atomic E-state index is 12.0. The van der Waals surface area contributed by atoms with E-state index in [1.165, 1.54) is 6.07 Å². The van der Waals surface area contributed by atoms with E-state index in [0.29, 0.717) is 11.3 Å². The fourth-order valence-corrected chi connectivity index (χ4v) is 2.19. The highest BCUT2D eigenvalue weighted by Gasteiger charge is 2.12. The molecule has 6 heteroatoms. The lowest BCUT2D eigenvalue weighted by Crippen LogP contribution is -2.22. The summed E-state index contributed by atoms with van der Waals surface area (Å²) in [6, 6.07) is 10.6. The summed E-state index contributed by atoms with van der Waals surface area (Å²) in [5.41, 5.74) is 4.01. The molecule has 0 fully saturated rings. The normalized spacial score (nSPS) is 10.2. The van der Waals surface area contributed by atoms with Crippen molar-refractivity contribution in [3.8, 4) is 0 Å². The molecule has 0 atom stereocenters. The van der Waals surface area contributed by atoms with Crippen LogP contribution in [0.4, 0.5) is 17.1 Å². The first kappa shape index (κ1) is 16.5. The van der Waals surface area contributed by atoms with Gasteiger partial charge in [-0.25, -0.2) is 0 Å². The van der Waals surface area contributed by atoms with E-state index in [0.717, 1.165) is 16.8 Å². The zero-order valence-corrected chi connectivity index (χ0v) is 13.3. The SMILES string of the molecule is Cc1ccc(C)c(NCC(=O)Nc2ccc(C)c([N+](=O)[O-])c2)c1. The van der Waals surface area contributed by atoms with Gasteiger partial charge in [-0.05, 0) is 44.0 Å². The number of hydrogen-bond donors (Lipinski definition) is 2. The fraction of sp³-hybridized carbons (Fsp3) is 0.235. The lowest BCUT2D eigenvalue weighted by Gasteiger charge is -2.11. The molecule has 2 rings (SSSR count). The molecule has 2 aromatic carbocycles. The number of carbonyl (C=O) groups is 1. The van der Waals surface area contributed by atoms with Crippen molar-refractivity contribution in [3.63, 3.8) is 0 Å². The van der Waals surface area contributed by atoms with Gasteiger partial charge in [-0.2, -0.15) is 0 Å². The number of carbonyl (C=O) groups excluding carboxylic acids is 1. The third-order valence-corrected chi connectivity index (χ3v) is 3.52. The first-order valence-electron chi connectivity index (χ1n) is 7.23. The van der Waals surface area contributed by atoms with Gasteiger partial charge in [-0.3, -0.25) is 14.9 Å². The number of nitrogens with one attached hydrogen (secondary N) is 2. The van der Waals surface area contributed by atoms with E-state index in [9.17, 15) is 14.9 Å². The van der Waals surface area contributed by atoms with Crippen molar-refractivity contribution >= 4 is 23.0 Å². The molecule has 0 saturated heterocycles. The number of nitro benzene ring substituents is 1. The quantitative estimate of drug-likeness (QED) is 0.653. The Hall–Kier alpha value is -2.89. The predicted octanol–water partition coefficient (Wildman–Crippen LogP) is 3.57. The second kappa shape index (κ2) is 6.91. The number of hydrogen-bond acceptors (Lipinski definition) is 4. The van der Waals surface area contributed by atoms with Crippen molar-refractivity contribution in [2.24, 2.45) is 0 Å². The van der Waals surface area contributed by atoms with Crippen LogP contribution in [0.25, 0.3) is 0 Å². The molecule has 0 spiro atoms. The van der Waals surface area contributed by atoms with Crippen LogP contribution in [0, 0.1) is 30.9 Å². The molecule has 0 bridgehead atoms. The molecule has 120 valence electrons. The van der Waals surface area contributed by atoms with E-state index < -0.39 is 4.92 Å². The number of amides is 1. The monoisotopic (exact) mass is 313 g/mol. The Balaban J connectivity index is 2.01. The minimum atomic E-state index is -0.459. The molecule has 0 saturated carbocycles. The van der Waals surface area contributed by atoms with Crippen molar-refractivity contribution in [3.05, 3.63) is 63.2 Å². The van der Waals surface area contributed by atoms with Crippen LogP contribution in [0.3, 0.4) is 0 Å². The molecule has 0 aromatic heterocycles. The Morgan fingerprint density at radius 3 is 2.48 bits per heavy atom. The van der Waals surface area contributed by atoms with Crippen LogP contribution >= 0.6 is 0 Å². The summed E-state index contributed by atoms with van der Waals surface area (Å²) in [6.45, 7) is 5.69. The van der Waals surface area contributed by atoms with Gasteiger partial charge in [0.1, 0.15) is 0 Å². The number of anilines is 2. The second-order valence-corrected chi connectivity index (χ2v) is 5.48. The summed E-state index contributed by atoms with van der Waals surface area (Å²) in [6.07, 6.45) is 0. The van der Waals surface area contributed by atoms with E-state index in [1.807, 2.05) is 32.0 Å². The van der Waals surface area contributed by atoms with Crippen LogP contribution < -0.4 is 10.6 Å². The molecule has 0 radical (unpaired) electrons. The molecule has 0 aliphatic heterocycles. The topological polar surface area (TPSA) is 84.3 Å². The summed E-state index contributed by atoms with van der Waals surface area (Å²) in [5, 5.41) is 16.7. The molecule has 2 aromatic rings. The van der Waals surface area contributed by atoms with Crippen molar-refractivity contribution in [2.75, 3.05) is 17.2 Å². The maximum Gasteiger partial charge on any atom is 0.274 e. The summed E-state index contributed by atoms with van der Waals surface area (Å²) in [7, 11) is 0. The Labute approximate surface area is 134 Å². The summed E-state index contributed by atoms with van der Waals surface area (Å²) in [4.78, 5) is 22.5. The highest BCUT2D eigenvalue weighted by molar-refractivity contribution is 5.94. The van der Waals surface area contributed by atoms with E-state index in [1.54, 1.807) is 19.1 Å². The van der Waals surface area contributed by atoms with Crippen LogP contribution in [-0.4, -0.2) is 17.4 Å². The number of benzene rings is 2. The Kier molecular flexibility index (Phi) is 4.95. The van der Waals surface area contributed by atoms with Crippen LogP contribution in [-0.2, 0) is 4.79 Å². The van der Waals surface area contributed by atoms with Gasteiger partial charge in [0.2, 0.25) is 5.91 Å². The van der Waals surface area contributed by atoms with E-state index >= 15 is 0 Å². The lowest BCUT2D eigenvalue weighted by atomic mass is 10.1. The van der Waals surface area contributed by atoms with Gasteiger partial charge in [0, 0.05) is 23.0 Å². The first-order chi connectivity index (χ1) is 10.9. The molecule has 0 aliphatic rings. The zero-order chi connectivity index (χ0) is 17.0. The molecule has 23 heavy (non-hydrogen) atoms. The third-order valence-electron chi connectivity index (χ3n) is 3.52. The first-order valence-corrected chi connectivity index (χ1v) is 7.23. The maximum atomic E-state index is 12.0. The van der Waals surface area contributed by atoms with Crippen molar-refractivity contribution in [2.45, 2.75) is 20.8 Å². The standard InChI is InChI=1S/C17H19N3O3/c1-11-4-5-12(2)15(8-11)18-10-17(21)19-14-7-6-13(3)16(9-14)20(22)23/h4-9,18H,10H2,1-3H3,(H,19,21). The van der Waals surface area contributed by atoms with Gasteiger partial charge in [0.15, 0.2) is 0 Å². The highest BCUT2D eigenvalue weighted by atomic mass is 16.6. The summed E-state index contributed by atoms with van der Waals surface area (Å²) in [5.74, 6) is -0.260. The number of nitro groups is 1. The Morgan fingerprint density at radius 1 is 1.09 bits per heavy atom. The molecule has 0 aliphatic carbocycles. The Morgan fingerprint density at radius 2 is 1.78 bits per heavy atom. The molecule has 1 amide bonds. The van der Waals surface area contributed by atoms with Crippen LogP contribution in [0.5, 0.6) is 0 Å². The minimum Gasteiger partial charge on any atom is -0.376 e. The largest absolute Gasteiger partial charge is 0.376 e. The average Bonchev–Trinajstić information content (AvgIpc) is 2.50. The highest BCUT2D eigenvalue weighted by Crippen LogP contribution is 2.22. The smallest absolute Gasteiger partial charge is 0.274 e. The number of rotatable bonds is 5. The Bertz CT molecular complexity index is 757. The second-order valence-electron chi connectivity index (χ2n) is 5.48. The molecular formula is C17H19N3O3. The van der Waals surface area contributed by atoms with Gasteiger partial charge in [0.25, 0.3) is 5.69 Å². The van der Waals surface area contributed by atoms with Crippen LogP contribution in [0.2, 0.25) is 0 Å². The predicted molar refractivity (Wildman–Crippen MR) is 90.9 cm³/mol. The molecule has 6 nitrogen and oxygen atoms in total. The van der Waals surface area contributed by atoms with Gasteiger partial charge in [0.05, 0.1) is 11.5 Å². The zero-order valence-electron chi connectivity index (χ0n) is 13.3. The van der Waals surface area contributed by atoms with Crippen molar-refractivity contribution < 1.29 is 9.72 Å². The van der Waals surface area contributed by atoms with Crippen molar-refractivity contribution in [1.29, 1.82) is 0 Å². The number of nitrogens with zero attached hydrogens (tertiary/aromatic N) is 1. The molecule has 2 N–H and O–H groups in total. The molecular weight excluding hydrogens is 294 g/mol. The molecule has 0 heterocycles. The van der Waals surface area contributed by atoms with E-state index in [-0.39, 0.29) is 18.1 Å². The third kappa shape index (κ3) is 4.29. The van der Waals surface area contributed by atoms with Gasteiger partial charge < -0.3 is 10.6 Å². The van der Waals surface area contributed by atoms with Gasteiger partial charge >= 0.3 is 0 Å². The van der Waals surface area contributed by atoms with Gasteiger partial charge in [-0.15, -0.1) is 0 Å². The fourth-order valence-electron chi connectivity index (χ4n) is 2.19. The molecule has 0 unspecified atom stereocenters. The number of aryl methyl sites for hydroxylation is 3. The van der Waals surface area contributed by atoms with Crippen molar-refractivity contribution in [1.82, 2.24) is 0 Å². The lowest BCUT2D eigenvalue weighted by molar-refractivity contribution is -0.385. The van der Waals surface area contributed by atoms with E-state index in [4.69, 9.17) is 0 Å². The van der Waals surface area contributed by atoms with Crippen LogP contribution in [0.1, 0.15) is 16.7 Å². The summed E-state index contributed by atoms with van der Waals surface area (Å²) < 4.78 is 0. The van der Waals surface area contributed by atoms with Gasteiger partial charge in [-0.1, -0.05) is 18.2 Å². The average molecular weight is 313 g/mol.